The Labute approximate surface area is 103 Å². The first kappa shape index (κ1) is 12.3. The SMILES string of the molecule is CCCc1cc(NC)nc(CC2CCOC2)n1. The number of hydrogen-bond donors (Lipinski definition) is 1. The van der Waals surface area contributed by atoms with Crippen LogP contribution in [0.3, 0.4) is 0 Å². The van der Waals surface area contributed by atoms with Gasteiger partial charge in [-0.15, -0.1) is 0 Å². The number of aryl methyl sites for hydroxylation is 1. The van der Waals surface area contributed by atoms with Gasteiger partial charge in [0.15, 0.2) is 0 Å². The van der Waals surface area contributed by atoms with Gasteiger partial charge in [-0.3, -0.25) is 0 Å². The van der Waals surface area contributed by atoms with Crippen molar-refractivity contribution in [2.24, 2.45) is 5.92 Å². The second-order valence-electron chi connectivity index (χ2n) is 4.59. The maximum absolute atomic E-state index is 5.39. The Bertz CT molecular complexity index is 362. The van der Waals surface area contributed by atoms with Crippen molar-refractivity contribution in [2.75, 3.05) is 25.6 Å². The van der Waals surface area contributed by atoms with Gasteiger partial charge in [-0.1, -0.05) is 13.3 Å². The van der Waals surface area contributed by atoms with Crippen LogP contribution in [0.4, 0.5) is 5.82 Å². The summed E-state index contributed by atoms with van der Waals surface area (Å²) in [5.41, 5.74) is 1.14. The minimum atomic E-state index is 0.594. The summed E-state index contributed by atoms with van der Waals surface area (Å²) in [4.78, 5) is 9.15. The van der Waals surface area contributed by atoms with E-state index in [0.717, 1.165) is 56.2 Å². The van der Waals surface area contributed by atoms with Gasteiger partial charge in [-0.25, -0.2) is 9.97 Å². The molecule has 94 valence electrons. The molecule has 1 aromatic rings. The zero-order valence-electron chi connectivity index (χ0n) is 10.7. The molecular formula is C13H21N3O. The summed E-state index contributed by atoms with van der Waals surface area (Å²) in [7, 11) is 1.90. The van der Waals surface area contributed by atoms with Gasteiger partial charge in [0, 0.05) is 38.4 Å². The predicted octanol–water partition coefficient (Wildman–Crippen LogP) is 2.05. The van der Waals surface area contributed by atoms with Gasteiger partial charge in [-0.05, 0) is 18.8 Å². The fourth-order valence-electron chi connectivity index (χ4n) is 2.16. The number of nitrogens with zero attached hydrogens (tertiary/aromatic N) is 2. The first-order valence-corrected chi connectivity index (χ1v) is 6.44. The summed E-state index contributed by atoms with van der Waals surface area (Å²) in [5, 5.41) is 3.11. The van der Waals surface area contributed by atoms with E-state index in [0.29, 0.717) is 5.92 Å². The van der Waals surface area contributed by atoms with Gasteiger partial charge in [0.25, 0.3) is 0 Å². The molecule has 2 heterocycles. The van der Waals surface area contributed by atoms with Crippen molar-refractivity contribution < 1.29 is 4.74 Å². The van der Waals surface area contributed by atoms with Gasteiger partial charge in [0.1, 0.15) is 11.6 Å². The average molecular weight is 235 g/mol. The molecule has 0 bridgehead atoms. The normalized spacial score (nSPS) is 19.5. The predicted molar refractivity (Wildman–Crippen MR) is 68.2 cm³/mol. The van der Waals surface area contributed by atoms with E-state index in [2.05, 4.69) is 22.2 Å². The molecule has 4 nitrogen and oxygen atoms in total. The summed E-state index contributed by atoms with van der Waals surface area (Å²) in [5.74, 6) is 2.48. The molecule has 1 aliphatic rings. The summed E-state index contributed by atoms with van der Waals surface area (Å²) < 4.78 is 5.39. The molecule has 1 saturated heterocycles. The van der Waals surface area contributed by atoms with Gasteiger partial charge in [0.05, 0.1) is 0 Å². The van der Waals surface area contributed by atoms with Crippen LogP contribution in [0.1, 0.15) is 31.3 Å². The molecule has 2 rings (SSSR count). The number of ether oxygens (including phenoxy) is 1. The molecule has 1 unspecified atom stereocenters. The van der Waals surface area contributed by atoms with E-state index in [9.17, 15) is 0 Å². The lowest BCUT2D eigenvalue weighted by molar-refractivity contribution is 0.185. The number of anilines is 1. The second-order valence-corrected chi connectivity index (χ2v) is 4.59. The van der Waals surface area contributed by atoms with Crippen LogP contribution >= 0.6 is 0 Å². The highest BCUT2D eigenvalue weighted by Crippen LogP contribution is 2.18. The first-order chi connectivity index (χ1) is 8.31. The maximum Gasteiger partial charge on any atom is 0.131 e. The molecule has 1 N–H and O–H groups in total. The molecule has 0 spiro atoms. The molecule has 1 atom stereocenters. The van der Waals surface area contributed by atoms with Gasteiger partial charge < -0.3 is 10.1 Å². The highest BCUT2D eigenvalue weighted by Gasteiger charge is 2.18. The number of hydrogen-bond acceptors (Lipinski definition) is 4. The maximum atomic E-state index is 5.39. The zero-order chi connectivity index (χ0) is 12.1. The lowest BCUT2D eigenvalue weighted by Gasteiger charge is -2.10. The Morgan fingerprint density at radius 3 is 3.00 bits per heavy atom. The first-order valence-electron chi connectivity index (χ1n) is 6.44. The van der Waals surface area contributed by atoms with E-state index in [1.165, 1.54) is 0 Å². The van der Waals surface area contributed by atoms with Crippen LogP contribution in [0.2, 0.25) is 0 Å². The van der Waals surface area contributed by atoms with Crippen molar-refractivity contribution in [2.45, 2.75) is 32.6 Å². The van der Waals surface area contributed by atoms with Crippen LogP contribution in [0, 0.1) is 5.92 Å². The van der Waals surface area contributed by atoms with Gasteiger partial charge in [0.2, 0.25) is 0 Å². The Morgan fingerprint density at radius 1 is 1.47 bits per heavy atom. The monoisotopic (exact) mass is 235 g/mol. The Hall–Kier alpha value is -1.16. The molecule has 0 aliphatic carbocycles. The van der Waals surface area contributed by atoms with E-state index < -0.39 is 0 Å². The highest BCUT2D eigenvalue weighted by molar-refractivity contribution is 5.35. The van der Waals surface area contributed by atoms with E-state index in [1.54, 1.807) is 0 Å². The van der Waals surface area contributed by atoms with Crippen LogP contribution in [-0.2, 0) is 17.6 Å². The minimum absolute atomic E-state index is 0.594. The Kier molecular flexibility index (Phi) is 4.31. The molecule has 1 fully saturated rings. The largest absolute Gasteiger partial charge is 0.381 e. The molecule has 1 aromatic heterocycles. The van der Waals surface area contributed by atoms with Crippen molar-refractivity contribution in [1.82, 2.24) is 9.97 Å². The summed E-state index contributed by atoms with van der Waals surface area (Å²) in [6.07, 6.45) is 4.21. The van der Waals surface area contributed by atoms with Crippen LogP contribution in [0.25, 0.3) is 0 Å². The van der Waals surface area contributed by atoms with Crippen LogP contribution in [0.15, 0.2) is 6.07 Å². The highest BCUT2D eigenvalue weighted by atomic mass is 16.5. The third-order valence-electron chi connectivity index (χ3n) is 3.08. The molecule has 0 aromatic carbocycles. The van der Waals surface area contributed by atoms with E-state index in [-0.39, 0.29) is 0 Å². The summed E-state index contributed by atoms with van der Waals surface area (Å²) in [6, 6.07) is 2.04. The van der Waals surface area contributed by atoms with Crippen LogP contribution in [-0.4, -0.2) is 30.2 Å². The van der Waals surface area contributed by atoms with E-state index >= 15 is 0 Å². The Morgan fingerprint density at radius 2 is 2.35 bits per heavy atom. The number of rotatable bonds is 5. The second kappa shape index (κ2) is 5.96. The van der Waals surface area contributed by atoms with Crippen LogP contribution < -0.4 is 5.32 Å². The average Bonchev–Trinajstić information content (AvgIpc) is 2.82. The van der Waals surface area contributed by atoms with E-state index in [4.69, 9.17) is 4.74 Å². The van der Waals surface area contributed by atoms with Crippen molar-refractivity contribution in [3.8, 4) is 0 Å². The number of aromatic nitrogens is 2. The molecular weight excluding hydrogens is 214 g/mol. The third-order valence-corrected chi connectivity index (χ3v) is 3.08. The standard InChI is InChI=1S/C13H21N3O/c1-3-4-11-8-12(14-2)16-13(15-11)7-10-5-6-17-9-10/h8,10H,3-7,9H2,1-2H3,(H,14,15,16). The van der Waals surface area contributed by atoms with Crippen molar-refractivity contribution in [3.63, 3.8) is 0 Å². The lowest BCUT2D eigenvalue weighted by atomic mass is 10.0. The molecule has 0 amide bonds. The van der Waals surface area contributed by atoms with Gasteiger partial charge in [-0.2, -0.15) is 0 Å². The Balaban J connectivity index is 2.10. The topological polar surface area (TPSA) is 47.0 Å². The molecule has 0 radical (unpaired) electrons. The molecule has 4 heteroatoms. The summed E-state index contributed by atoms with van der Waals surface area (Å²) in [6.45, 7) is 3.92. The lowest BCUT2D eigenvalue weighted by Crippen LogP contribution is -2.10. The minimum Gasteiger partial charge on any atom is -0.381 e. The third kappa shape index (κ3) is 3.40. The van der Waals surface area contributed by atoms with Crippen molar-refractivity contribution in [1.29, 1.82) is 0 Å². The van der Waals surface area contributed by atoms with Gasteiger partial charge >= 0.3 is 0 Å². The van der Waals surface area contributed by atoms with Crippen LogP contribution in [0.5, 0.6) is 0 Å². The smallest absolute Gasteiger partial charge is 0.131 e. The molecule has 17 heavy (non-hydrogen) atoms. The summed E-state index contributed by atoms with van der Waals surface area (Å²) >= 11 is 0. The van der Waals surface area contributed by atoms with Crippen molar-refractivity contribution in [3.05, 3.63) is 17.6 Å². The molecule has 1 aliphatic heterocycles. The van der Waals surface area contributed by atoms with Crippen molar-refractivity contribution >= 4 is 5.82 Å². The molecule has 0 saturated carbocycles. The zero-order valence-corrected chi connectivity index (χ0v) is 10.7. The fraction of sp³-hybridized carbons (Fsp3) is 0.692. The quantitative estimate of drug-likeness (QED) is 0.848. The van der Waals surface area contributed by atoms with E-state index in [1.807, 2.05) is 13.1 Å². The number of nitrogens with one attached hydrogen (secondary N) is 1. The fourth-order valence-corrected chi connectivity index (χ4v) is 2.16.